The molecule has 21 heavy (non-hydrogen) atoms. The molecule has 0 fully saturated rings. The summed E-state index contributed by atoms with van der Waals surface area (Å²) < 4.78 is 0. The molecule has 4 heteroatoms. The fourth-order valence-electron chi connectivity index (χ4n) is 1.99. The van der Waals surface area contributed by atoms with Gasteiger partial charge in [-0.05, 0) is 30.7 Å². The van der Waals surface area contributed by atoms with Gasteiger partial charge in [-0.25, -0.2) is 4.98 Å². The second kappa shape index (κ2) is 5.89. The molecule has 0 aliphatic rings. The average molecular weight is 293 g/mol. The highest BCUT2D eigenvalue weighted by atomic mass is 32.1. The number of aryl methyl sites for hydroxylation is 1. The lowest BCUT2D eigenvalue weighted by atomic mass is 10.0. The molecular formula is C17H13N2OS. The van der Waals surface area contributed by atoms with E-state index in [1.807, 2.05) is 55.5 Å². The van der Waals surface area contributed by atoms with Crippen molar-refractivity contribution in [3.63, 3.8) is 0 Å². The minimum absolute atomic E-state index is 0.0139. The third-order valence-electron chi connectivity index (χ3n) is 3.09. The van der Waals surface area contributed by atoms with E-state index < -0.39 is 0 Å². The van der Waals surface area contributed by atoms with Crippen molar-refractivity contribution in [2.75, 3.05) is 5.32 Å². The van der Waals surface area contributed by atoms with Crippen LogP contribution in [0.1, 0.15) is 20.8 Å². The van der Waals surface area contributed by atoms with Crippen LogP contribution in [0.4, 0.5) is 10.8 Å². The molecule has 1 heterocycles. The van der Waals surface area contributed by atoms with Crippen LogP contribution in [0.15, 0.2) is 54.7 Å². The normalized spacial score (nSPS) is 10.3. The van der Waals surface area contributed by atoms with Crippen molar-refractivity contribution >= 4 is 27.9 Å². The van der Waals surface area contributed by atoms with Gasteiger partial charge < -0.3 is 5.32 Å². The molecule has 1 N–H and O–H groups in total. The number of carbonyl (C=O) groups excluding carboxylic acids is 1. The topological polar surface area (TPSA) is 42.0 Å². The highest BCUT2D eigenvalue weighted by Crippen LogP contribution is 2.25. The zero-order valence-electron chi connectivity index (χ0n) is 11.5. The molecule has 0 saturated heterocycles. The van der Waals surface area contributed by atoms with Gasteiger partial charge in [0.05, 0.1) is 11.1 Å². The number of nitrogens with one attached hydrogen (secondary N) is 1. The van der Waals surface area contributed by atoms with Crippen molar-refractivity contribution in [3.05, 3.63) is 76.8 Å². The van der Waals surface area contributed by atoms with E-state index in [1.165, 1.54) is 11.3 Å². The van der Waals surface area contributed by atoms with Crippen LogP contribution < -0.4 is 5.32 Å². The van der Waals surface area contributed by atoms with Crippen LogP contribution in [0.5, 0.6) is 0 Å². The number of hydrogen-bond donors (Lipinski definition) is 1. The SMILES string of the molecule is Cc1ccccc1C(=O)c1cnc(Nc2cc[c]cc2)s1. The minimum atomic E-state index is 0.0139. The van der Waals surface area contributed by atoms with E-state index in [0.717, 1.165) is 16.8 Å². The number of aromatic nitrogens is 1. The van der Waals surface area contributed by atoms with Gasteiger partial charge in [-0.3, -0.25) is 4.79 Å². The van der Waals surface area contributed by atoms with E-state index in [9.17, 15) is 4.79 Å². The molecule has 0 amide bonds. The van der Waals surface area contributed by atoms with Crippen LogP contribution >= 0.6 is 11.3 Å². The first kappa shape index (κ1) is 13.5. The zero-order chi connectivity index (χ0) is 14.7. The molecule has 0 saturated carbocycles. The number of ketones is 1. The Balaban J connectivity index is 1.82. The van der Waals surface area contributed by atoms with E-state index >= 15 is 0 Å². The number of benzene rings is 2. The van der Waals surface area contributed by atoms with Gasteiger partial charge in [-0.2, -0.15) is 0 Å². The largest absolute Gasteiger partial charge is 0.332 e. The standard InChI is InChI=1S/C17H13N2OS/c1-12-7-5-6-10-14(12)16(20)15-11-18-17(21-15)19-13-8-3-2-4-9-13/h3-11H,1H3,(H,18,19). The van der Waals surface area contributed by atoms with Crippen molar-refractivity contribution in [1.82, 2.24) is 4.98 Å². The number of hydrogen-bond acceptors (Lipinski definition) is 4. The molecule has 3 nitrogen and oxygen atoms in total. The molecule has 0 unspecified atom stereocenters. The summed E-state index contributed by atoms with van der Waals surface area (Å²) in [5, 5.41) is 3.89. The predicted molar refractivity (Wildman–Crippen MR) is 85.3 cm³/mol. The van der Waals surface area contributed by atoms with E-state index in [2.05, 4.69) is 16.4 Å². The lowest BCUT2D eigenvalue weighted by Gasteiger charge is -2.02. The number of thiazole rings is 1. The molecule has 3 rings (SSSR count). The molecule has 103 valence electrons. The molecule has 0 bridgehead atoms. The monoisotopic (exact) mass is 293 g/mol. The Bertz CT molecular complexity index is 765. The van der Waals surface area contributed by atoms with Gasteiger partial charge in [0, 0.05) is 11.3 Å². The van der Waals surface area contributed by atoms with E-state index in [-0.39, 0.29) is 5.78 Å². The van der Waals surface area contributed by atoms with Crippen LogP contribution in [-0.4, -0.2) is 10.8 Å². The second-order valence-corrected chi connectivity index (χ2v) is 5.62. The highest BCUT2D eigenvalue weighted by molar-refractivity contribution is 7.17. The smallest absolute Gasteiger partial charge is 0.204 e. The van der Waals surface area contributed by atoms with Crippen molar-refractivity contribution in [2.45, 2.75) is 6.92 Å². The number of nitrogens with zero attached hydrogens (tertiary/aromatic N) is 1. The molecule has 0 aliphatic carbocycles. The third kappa shape index (κ3) is 3.01. The number of carbonyl (C=O) groups is 1. The van der Waals surface area contributed by atoms with Gasteiger partial charge in [-0.15, -0.1) is 0 Å². The highest BCUT2D eigenvalue weighted by Gasteiger charge is 2.14. The molecule has 0 aliphatic heterocycles. The van der Waals surface area contributed by atoms with Gasteiger partial charge in [0.1, 0.15) is 0 Å². The summed E-state index contributed by atoms with van der Waals surface area (Å²) in [5.41, 5.74) is 2.63. The van der Waals surface area contributed by atoms with Crippen LogP contribution in [0.25, 0.3) is 0 Å². The molecule has 1 aromatic heterocycles. The van der Waals surface area contributed by atoms with Gasteiger partial charge in [0.2, 0.25) is 5.78 Å². The molecule has 2 aromatic carbocycles. The van der Waals surface area contributed by atoms with Crippen molar-refractivity contribution in [1.29, 1.82) is 0 Å². The molecule has 3 aromatic rings. The fraction of sp³-hybridized carbons (Fsp3) is 0.0588. The van der Waals surface area contributed by atoms with Crippen molar-refractivity contribution in [2.24, 2.45) is 0 Å². The Morgan fingerprint density at radius 1 is 1.19 bits per heavy atom. The third-order valence-corrected chi connectivity index (χ3v) is 4.00. The Hall–Kier alpha value is -2.46. The number of anilines is 2. The Morgan fingerprint density at radius 3 is 2.71 bits per heavy atom. The summed E-state index contributed by atoms with van der Waals surface area (Å²) in [6.45, 7) is 1.94. The Kier molecular flexibility index (Phi) is 3.79. The lowest BCUT2D eigenvalue weighted by Crippen LogP contribution is -2.00. The zero-order valence-corrected chi connectivity index (χ0v) is 12.3. The van der Waals surface area contributed by atoms with Crippen LogP contribution in [-0.2, 0) is 0 Å². The summed E-state index contributed by atoms with van der Waals surface area (Å²) in [6.07, 6.45) is 1.62. The Morgan fingerprint density at radius 2 is 1.95 bits per heavy atom. The first-order valence-corrected chi connectivity index (χ1v) is 7.35. The maximum absolute atomic E-state index is 12.5. The first-order chi connectivity index (χ1) is 10.2. The molecule has 1 radical (unpaired) electrons. The van der Waals surface area contributed by atoms with Gasteiger partial charge in [0.25, 0.3) is 0 Å². The van der Waals surface area contributed by atoms with Crippen LogP contribution in [0.3, 0.4) is 0 Å². The van der Waals surface area contributed by atoms with Crippen molar-refractivity contribution in [3.8, 4) is 0 Å². The summed E-state index contributed by atoms with van der Waals surface area (Å²) in [6, 6.07) is 18.0. The van der Waals surface area contributed by atoms with Crippen LogP contribution in [0.2, 0.25) is 0 Å². The number of rotatable bonds is 4. The summed E-state index contributed by atoms with van der Waals surface area (Å²) in [5.74, 6) is 0.0139. The average Bonchev–Trinajstić information content (AvgIpc) is 2.97. The second-order valence-electron chi connectivity index (χ2n) is 4.59. The lowest BCUT2D eigenvalue weighted by molar-refractivity contribution is 0.104. The first-order valence-electron chi connectivity index (χ1n) is 6.53. The van der Waals surface area contributed by atoms with E-state index in [0.29, 0.717) is 10.0 Å². The van der Waals surface area contributed by atoms with Crippen LogP contribution in [0, 0.1) is 13.0 Å². The van der Waals surface area contributed by atoms with Gasteiger partial charge >= 0.3 is 0 Å². The van der Waals surface area contributed by atoms with Crippen molar-refractivity contribution < 1.29 is 4.79 Å². The predicted octanol–water partition coefficient (Wildman–Crippen LogP) is 4.23. The fourth-order valence-corrected chi connectivity index (χ4v) is 2.78. The maximum atomic E-state index is 12.5. The van der Waals surface area contributed by atoms with E-state index in [1.54, 1.807) is 6.20 Å². The summed E-state index contributed by atoms with van der Waals surface area (Å²) in [7, 11) is 0. The summed E-state index contributed by atoms with van der Waals surface area (Å²) >= 11 is 1.36. The maximum Gasteiger partial charge on any atom is 0.204 e. The molecule has 0 spiro atoms. The van der Waals surface area contributed by atoms with E-state index in [4.69, 9.17) is 0 Å². The quantitative estimate of drug-likeness (QED) is 0.732. The molecular weight excluding hydrogens is 280 g/mol. The molecule has 0 atom stereocenters. The minimum Gasteiger partial charge on any atom is -0.332 e. The van der Waals surface area contributed by atoms with Gasteiger partial charge in [-0.1, -0.05) is 47.7 Å². The van der Waals surface area contributed by atoms with Gasteiger partial charge in [0.15, 0.2) is 5.13 Å². The summed E-state index contributed by atoms with van der Waals surface area (Å²) in [4.78, 5) is 17.4. The Labute approximate surface area is 127 Å².